The normalized spacial score (nSPS) is 11.0. The van der Waals surface area contributed by atoms with E-state index in [0.717, 1.165) is 17.4 Å². The van der Waals surface area contributed by atoms with Crippen molar-refractivity contribution >= 4 is 23.3 Å². The lowest BCUT2D eigenvalue weighted by Crippen LogP contribution is -2.08. The van der Waals surface area contributed by atoms with Gasteiger partial charge in [-0.15, -0.1) is 11.8 Å². The Balaban J connectivity index is 2.09. The molecular weight excluding hydrogens is 414 g/mol. The second-order valence-electron chi connectivity index (χ2n) is 6.36. The first-order valence-corrected chi connectivity index (χ1v) is 10.4. The first-order valence-electron chi connectivity index (χ1n) is 9.14. The van der Waals surface area contributed by atoms with Crippen molar-refractivity contribution in [3.8, 4) is 28.8 Å². The molecule has 0 fully saturated rings. The highest BCUT2D eigenvalue weighted by atomic mass is 32.2. The van der Waals surface area contributed by atoms with E-state index in [9.17, 15) is 9.90 Å². The van der Waals surface area contributed by atoms with E-state index in [-0.39, 0.29) is 17.0 Å². The van der Waals surface area contributed by atoms with Gasteiger partial charge in [-0.1, -0.05) is 24.3 Å². The number of ether oxygens (including phenoxy) is 2. The van der Waals surface area contributed by atoms with Gasteiger partial charge in [0.2, 0.25) is 5.88 Å². The second-order valence-corrected chi connectivity index (χ2v) is 7.15. The van der Waals surface area contributed by atoms with Crippen LogP contribution in [0.3, 0.4) is 0 Å². The number of aliphatic carboxylic acids is 1. The fourth-order valence-corrected chi connectivity index (χ4v) is 3.55. The lowest BCUT2D eigenvalue weighted by molar-refractivity contribution is -0.130. The fraction of sp³-hybridized carbons (Fsp3) is 0.130. The molecule has 0 atom stereocenters. The predicted molar refractivity (Wildman–Crippen MR) is 118 cm³/mol. The highest BCUT2D eigenvalue weighted by Gasteiger charge is 2.24. The third-order valence-corrected chi connectivity index (χ3v) is 4.94. The molecule has 1 heterocycles. The number of carbonyl (C=O) groups is 1. The molecule has 3 aromatic rings. The van der Waals surface area contributed by atoms with Gasteiger partial charge < -0.3 is 14.6 Å². The Labute approximate surface area is 184 Å². The minimum atomic E-state index is -1.18. The molecule has 0 unspecified atom stereocenters. The van der Waals surface area contributed by atoms with E-state index in [1.54, 1.807) is 37.4 Å². The molecule has 0 amide bonds. The molecule has 156 valence electrons. The number of hydrogen-bond acceptors (Lipinski definition) is 7. The molecule has 7 nitrogen and oxygen atoms in total. The van der Waals surface area contributed by atoms with Gasteiger partial charge in [0.1, 0.15) is 22.2 Å². The van der Waals surface area contributed by atoms with Gasteiger partial charge in [0, 0.05) is 0 Å². The predicted octanol–water partition coefficient (Wildman–Crippen LogP) is 4.91. The van der Waals surface area contributed by atoms with Crippen LogP contribution >= 0.6 is 11.8 Å². The topological polar surface area (TPSA) is 105 Å². The lowest BCUT2D eigenvalue weighted by atomic mass is 10.0. The van der Waals surface area contributed by atoms with Crippen molar-refractivity contribution in [2.24, 2.45) is 0 Å². The van der Waals surface area contributed by atoms with E-state index < -0.39 is 5.97 Å². The Kier molecular flexibility index (Phi) is 6.90. The Hall–Kier alpha value is -3.83. The first-order chi connectivity index (χ1) is 15.0. The number of carboxylic acid groups (broad SMARTS) is 1. The van der Waals surface area contributed by atoms with Crippen LogP contribution in [0.1, 0.15) is 17.0 Å². The van der Waals surface area contributed by atoms with Crippen LogP contribution in [0.25, 0.3) is 16.7 Å². The Morgan fingerprint density at radius 2 is 1.87 bits per heavy atom. The van der Waals surface area contributed by atoms with E-state index in [0.29, 0.717) is 22.2 Å². The molecular formula is C23H19N3O4S. The molecule has 8 heteroatoms. The zero-order chi connectivity index (χ0) is 22.4. The maximum absolute atomic E-state index is 11.9. The van der Waals surface area contributed by atoms with Crippen LogP contribution in [0.15, 0.2) is 59.8 Å². The second kappa shape index (κ2) is 9.78. The van der Waals surface area contributed by atoms with Crippen LogP contribution < -0.4 is 4.74 Å². The molecule has 0 radical (unpaired) electrons. The SMILES string of the molecule is COC=C(C(=O)O)c1c(Oc2cccc(-c3cccc(C#N)c3)c2)nc(C)nc1SC. The number of nitrogens with zero attached hydrogens (tertiary/aromatic N) is 3. The summed E-state index contributed by atoms with van der Waals surface area (Å²) in [5, 5.41) is 19.3. The smallest absolute Gasteiger partial charge is 0.339 e. The van der Waals surface area contributed by atoms with Crippen molar-refractivity contribution in [3.05, 3.63) is 71.7 Å². The van der Waals surface area contributed by atoms with Crippen molar-refractivity contribution in [1.29, 1.82) is 5.26 Å². The lowest BCUT2D eigenvalue weighted by Gasteiger charge is -2.15. The molecule has 0 aliphatic heterocycles. The van der Waals surface area contributed by atoms with E-state index in [4.69, 9.17) is 14.7 Å². The molecule has 0 bridgehead atoms. The summed E-state index contributed by atoms with van der Waals surface area (Å²) in [6.45, 7) is 1.71. The number of aromatic nitrogens is 2. The molecule has 0 saturated carbocycles. The van der Waals surface area contributed by atoms with Crippen LogP contribution in [0.2, 0.25) is 0 Å². The standard InChI is InChI=1S/C23H19N3O4S/c1-14-25-21(20(22(26-14)31-3)19(13-29-2)23(27)28)30-18-9-5-8-17(11-18)16-7-4-6-15(10-16)12-24/h4-11,13H,1-3H3,(H,27,28). The zero-order valence-electron chi connectivity index (χ0n) is 17.1. The number of rotatable bonds is 7. The van der Waals surface area contributed by atoms with Crippen LogP contribution in [0.4, 0.5) is 0 Å². The number of methoxy groups -OCH3 is 1. The monoisotopic (exact) mass is 433 g/mol. The average molecular weight is 433 g/mol. The molecule has 1 N–H and O–H groups in total. The molecule has 2 aromatic carbocycles. The summed E-state index contributed by atoms with van der Waals surface area (Å²) in [6.07, 6.45) is 2.93. The molecule has 1 aromatic heterocycles. The van der Waals surface area contributed by atoms with Gasteiger partial charge in [-0.2, -0.15) is 10.2 Å². The van der Waals surface area contributed by atoms with Crippen molar-refractivity contribution in [2.75, 3.05) is 13.4 Å². The zero-order valence-corrected chi connectivity index (χ0v) is 17.9. The number of nitriles is 1. The number of benzene rings is 2. The highest BCUT2D eigenvalue weighted by Crippen LogP contribution is 2.36. The van der Waals surface area contributed by atoms with Gasteiger partial charge in [0.05, 0.1) is 30.6 Å². The molecule has 3 rings (SSSR count). The average Bonchev–Trinajstić information content (AvgIpc) is 2.77. The van der Waals surface area contributed by atoms with Crippen LogP contribution in [0.5, 0.6) is 11.6 Å². The summed E-state index contributed by atoms with van der Waals surface area (Å²) in [5.74, 6) is -0.154. The number of carboxylic acids is 1. The van der Waals surface area contributed by atoms with Gasteiger partial charge >= 0.3 is 5.97 Å². The number of aryl methyl sites for hydroxylation is 1. The molecule has 0 spiro atoms. The number of thioether (sulfide) groups is 1. The molecule has 31 heavy (non-hydrogen) atoms. The van der Waals surface area contributed by atoms with Crippen molar-refractivity contribution in [2.45, 2.75) is 11.9 Å². The largest absolute Gasteiger partial charge is 0.503 e. The molecule has 0 saturated heterocycles. The summed E-state index contributed by atoms with van der Waals surface area (Å²) in [6, 6.07) is 16.6. The minimum Gasteiger partial charge on any atom is -0.503 e. The fourth-order valence-electron chi connectivity index (χ4n) is 2.93. The maximum Gasteiger partial charge on any atom is 0.339 e. The Morgan fingerprint density at radius 1 is 1.16 bits per heavy atom. The number of hydrogen-bond donors (Lipinski definition) is 1. The summed E-state index contributed by atoms with van der Waals surface area (Å²) in [7, 11) is 1.37. The van der Waals surface area contributed by atoms with E-state index in [1.165, 1.54) is 18.9 Å². The first kappa shape index (κ1) is 21.9. The van der Waals surface area contributed by atoms with E-state index in [2.05, 4.69) is 16.0 Å². The van der Waals surface area contributed by atoms with Gasteiger partial charge in [-0.25, -0.2) is 9.78 Å². The van der Waals surface area contributed by atoms with Crippen LogP contribution in [0, 0.1) is 18.3 Å². The van der Waals surface area contributed by atoms with E-state index >= 15 is 0 Å². The van der Waals surface area contributed by atoms with Crippen molar-refractivity contribution in [3.63, 3.8) is 0 Å². The van der Waals surface area contributed by atoms with Gasteiger partial charge in [-0.05, 0) is 48.6 Å². The van der Waals surface area contributed by atoms with Crippen LogP contribution in [-0.2, 0) is 9.53 Å². The summed E-state index contributed by atoms with van der Waals surface area (Å²) >= 11 is 1.29. The third kappa shape index (κ3) is 5.02. The van der Waals surface area contributed by atoms with Gasteiger partial charge in [-0.3, -0.25) is 0 Å². The summed E-state index contributed by atoms with van der Waals surface area (Å²) in [4.78, 5) is 20.5. The Morgan fingerprint density at radius 3 is 2.52 bits per heavy atom. The molecule has 0 aliphatic rings. The third-order valence-electron chi connectivity index (χ3n) is 4.26. The highest BCUT2D eigenvalue weighted by molar-refractivity contribution is 7.98. The minimum absolute atomic E-state index is 0.111. The molecule has 0 aliphatic carbocycles. The van der Waals surface area contributed by atoms with Crippen molar-refractivity contribution < 1.29 is 19.4 Å². The van der Waals surface area contributed by atoms with E-state index in [1.807, 2.05) is 24.3 Å². The van der Waals surface area contributed by atoms with Gasteiger partial charge in [0.25, 0.3) is 0 Å². The maximum atomic E-state index is 11.9. The summed E-state index contributed by atoms with van der Waals surface area (Å²) < 4.78 is 11.0. The van der Waals surface area contributed by atoms with Crippen molar-refractivity contribution in [1.82, 2.24) is 9.97 Å². The Bertz CT molecular complexity index is 1200. The van der Waals surface area contributed by atoms with Crippen LogP contribution in [-0.4, -0.2) is 34.4 Å². The summed E-state index contributed by atoms with van der Waals surface area (Å²) in [5.41, 5.74) is 2.39. The quantitative estimate of drug-likeness (QED) is 0.242. The van der Waals surface area contributed by atoms with Gasteiger partial charge in [0.15, 0.2) is 0 Å².